The van der Waals surface area contributed by atoms with Gasteiger partial charge in [-0.05, 0) is 24.0 Å². The quantitative estimate of drug-likeness (QED) is 0.334. The van der Waals surface area contributed by atoms with Crippen molar-refractivity contribution in [1.82, 2.24) is 9.80 Å². The molecule has 0 aromatic rings. The average Bonchev–Trinajstić information content (AvgIpc) is 3.01. The highest BCUT2D eigenvalue weighted by molar-refractivity contribution is 7.62. The zero-order valence-corrected chi connectivity index (χ0v) is 17.4. The van der Waals surface area contributed by atoms with Crippen molar-refractivity contribution in [3.63, 3.8) is 0 Å². The highest BCUT2D eigenvalue weighted by Gasteiger charge is 2.30. The number of hydrogen-bond acceptors (Lipinski definition) is 3. The smallest absolute Gasteiger partial charge is 0.343 e. The van der Waals surface area contributed by atoms with Crippen LogP contribution in [0.15, 0.2) is 4.76 Å². The van der Waals surface area contributed by atoms with Crippen LogP contribution in [0.5, 0.6) is 0 Å². The van der Waals surface area contributed by atoms with Gasteiger partial charge in [0.1, 0.15) is 6.66 Å². The summed E-state index contributed by atoms with van der Waals surface area (Å²) in [5, 5.41) is 0. The van der Waals surface area contributed by atoms with Gasteiger partial charge in [0.15, 0.2) is 0 Å². The van der Waals surface area contributed by atoms with Gasteiger partial charge < -0.3 is 9.80 Å². The van der Waals surface area contributed by atoms with Crippen molar-refractivity contribution >= 4 is 13.8 Å². The average molecular weight is 351 g/mol. The topological polar surface area (TPSA) is 59.3 Å². The van der Waals surface area contributed by atoms with Crippen LogP contribution in [0.4, 0.5) is 0 Å². The van der Waals surface area contributed by atoms with Crippen LogP contribution in [-0.2, 0) is 0 Å². The van der Waals surface area contributed by atoms with Crippen LogP contribution in [0.3, 0.4) is 0 Å². The van der Waals surface area contributed by atoms with Crippen molar-refractivity contribution in [2.24, 2.45) is 4.76 Å². The van der Waals surface area contributed by atoms with E-state index >= 15 is 0 Å². The fraction of sp³-hybridized carbons (Fsp3) is 0.941. The first-order valence-corrected chi connectivity index (χ1v) is 11.3. The second kappa shape index (κ2) is 15.2. The molecule has 0 saturated carbocycles. The number of unbranched alkanes of at least 4 members (excludes halogenated alkanes) is 2. The van der Waals surface area contributed by atoms with Crippen molar-refractivity contribution in [1.29, 1.82) is 0 Å². The highest BCUT2D eigenvalue weighted by atomic mass is 31.2. The Morgan fingerprint density at radius 3 is 1.96 bits per heavy atom. The minimum absolute atomic E-state index is 0.754. The fourth-order valence-electron chi connectivity index (χ4n) is 2.17. The van der Waals surface area contributed by atoms with E-state index in [1.807, 2.05) is 20.9 Å². The van der Waals surface area contributed by atoms with Crippen LogP contribution >= 0.6 is 7.87 Å². The lowest BCUT2D eigenvalue weighted by Crippen LogP contribution is -2.41. The van der Waals surface area contributed by atoms with Crippen LogP contribution < -0.4 is 0 Å². The Labute approximate surface area is 145 Å². The van der Waals surface area contributed by atoms with E-state index in [1.165, 1.54) is 25.9 Å². The molecule has 0 radical (unpaired) electrons. The molecular formula is C17H41N3O2P+. The Kier molecular flexibility index (Phi) is 16.4. The molecule has 140 valence electrons. The highest BCUT2D eigenvalue weighted by Crippen LogP contribution is 2.47. The normalized spacial score (nSPS) is 14.7. The predicted octanol–water partition coefficient (Wildman–Crippen LogP) is 4.38. The van der Waals surface area contributed by atoms with Gasteiger partial charge >= 0.3 is 7.87 Å². The van der Waals surface area contributed by atoms with Crippen LogP contribution in [-0.4, -0.2) is 58.9 Å². The Balaban J connectivity index is 0. The van der Waals surface area contributed by atoms with E-state index in [2.05, 4.69) is 35.3 Å². The van der Waals surface area contributed by atoms with E-state index < -0.39 is 7.87 Å². The first kappa shape index (κ1) is 24.9. The van der Waals surface area contributed by atoms with Crippen LogP contribution in [0.25, 0.3) is 0 Å². The third-order valence-corrected chi connectivity index (χ3v) is 3.66. The molecule has 2 N–H and O–H groups in total. The number of guanidine groups is 1. The summed E-state index contributed by atoms with van der Waals surface area (Å²) in [5.74, 6) is 0.754. The second-order valence-electron chi connectivity index (χ2n) is 5.80. The summed E-state index contributed by atoms with van der Waals surface area (Å²) in [6.45, 7) is 14.7. The van der Waals surface area contributed by atoms with Gasteiger partial charge in [-0.1, -0.05) is 53.9 Å². The lowest BCUT2D eigenvalue weighted by atomic mass is 10.2. The molecule has 6 heteroatoms. The molecule has 1 rings (SSSR count). The molecule has 1 aliphatic rings. The monoisotopic (exact) mass is 350 g/mol. The zero-order valence-electron chi connectivity index (χ0n) is 16.5. The molecule has 1 aliphatic heterocycles. The molecule has 0 bridgehead atoms. The molecule has 1 fully saturated rings. The van der Waals surface area contributed by atoms with Gasteiger partial charge in [0.25, 0.3) is 0 Å². The molecule has 1 saturated heterocycles. The van der Waals surface area contributed by atoms with E-state index in [4.69, 9.17) is 0 Å². The molecular weight excluding hydrogens is 309 g/mol. The predicted molar refractivity (Wildman–Crippen MR) is 105 cm³/mol. The summed E-state index contributed by atoms with van der Waals surface area (Å²) >= 11 is 0. The SMILES string of the molecule is CC.CCC.CCCCCN(C)C(=N[P+](C)(O)O)N1CCCC1. The van der Waals surface area contributed by atoms with E-state index in [0.717, 1.165) is 44.9 Å². The molecule has 5 nitrogen and oxygen atoms in total. The van der Waals surface area contributed by atoms with Gasteiger partial charge in [-0.25, -0.2) is 0 Å². The lowest BCUT2D eigenvalue weighted by Gasteiger charge is -2.28. The standard InChI is InChI=1S/C12H27N3O2P.C3H8.C2H6/c1-4-5-6-9-14(2)12(13-18(3,16)17)15-10-7-8-11-15;1-3-2;1-2/h16-17H,4-11H2,1-3H3;3H2,1-2H3;1-2H3/q+1;;. The minimum atomic E-state index is -3.11. The molecule has 1 heterocycles. The molecule has 0 unspecified atom stereocenters. The van der Waals surface area contributed by atoms with Gasteiger partial charge in [-0.3, -0.25) is 0 Å². The van der Waals surface area contributed by atoms with E-state index in [1.54, 1.807) is 0 Å². The first-order valence-electron chi connectivity index (χ1n) is 9.24. The van der Waals surface area contributed by atoms with Gasteiger partial charge in [-0.2, -0.15) is 9.79 Å². The maximum absolute atomic E-state index is 9.59. The summed E-state index contributed by atoms with van der Waals surface area (Å²) in [7, 11) is -1.12. The van der Waals surface area contributed by atoms with Gasteiger partial charge in [0, 0.05) is 26.7 Å². The van der Waals surface area contributed by atoms with Gasteiger partial charge in [-0.15, -0.1) is 0 Å². The number of likely N-dealkylation sites (tertiary alicyclic amines) is 1. The molecule has 23 heavy (non-hydrogen) atoms. The maximum atomic E-state index is 9.59. The van der Waals surface area contributed by atoms with Gasteiger partial charge in [0.2, 0.25) is 5.96 Å². The Morgan fingerprint density at radius 1 is 1.09 bits per heavy atom. The van der Waals surface area contributed by atoms with Gasteiger partial charge in [0.05, 0.1) is 0 Å². The first-order chi connectivity index (χ1) is 10.9. The van der Waals surface area contributed by atoms with Crippen molar-refractivity contribution in [3.05, 3.63) is 0 Å². The summed E-state index contributed by atoms with van der Waals surface area (Å²) in [5.41, 5.74) is 0. The molecule has 0 amide bonds. The van der Waals surface area contributed by atoms with Crippen molar-refractivity contribution in [2.75, 3.05) is 33.3 Å². The van der Waals surface area contributed by atoms with Crippen molar-refractivity contribution in [2.45, 2.75) is 73.1 Å². The third-order valence-electron chi connectivity index (χ3n) is 3.11. The Morgan fingerprint density at radius 2 is 1.57 bits per heavy atom. The Hall–Kier alpha value is -0.380. The van der Waals surface area contributed by atoms with Crippen molar-refractivity contribution in [3.8, 4) is 0 Å². The minimum Gasteiger partial charge on any atom is -0.343 e. The van der Waals surface area contributed by atoms with Crippen molar-refractivity contribution < 1.29 is 9.79 Å². The Bertz CT molecular complexity index is 288. The van der Waals surface area contributed by atoms with E-state index in [-0.39, 0.29) is 0 Å². The van der Waals surface area contributed by atoms with Crippen LogP contribution in [0.2, 0.25) is 0 Å². The van der Waals surface area contributed by atoms with Crippen LogP contribution in [0, 0.1) is 0 Å². The van der Waals surface area contributed by atoms with Crippen LogP contribution in [0.1, 0.15) is 73.1 Å². The lowest BCUT2D eigenvalue weighted by molar-refractivity contribution is 0.379. The summed E-state index contributed by atoms with van der Waals surface area (Å²) in [6, 6.07) is 0. The largest absolute Gasteiger partial charge is 0.389 e. The number of hydrogen-bond donors (Lipinski definition) is 2. The summed E-state index contributed by atoms with van der Waals surface area (Å²) < 4.78 is 4.16. The van der Waals surface area contributed by atoms with E-state index in [0.29, 0.717) is 0 Å². The number of rotatable bonds is 5. The second-order valence-corrected chi connectivity index (χ2v) is 7.73. The molecule has 0 aromatic heterocycles. The maximum Gasteiger partial charge on any atom is 0.389 e. The van der Waals surface area contributed by atoms with E-state index in [9.17, 15) is 9.79 Å². The molecule has 0 spiro atoms. The molecule has 0 aromatic carbocycles. The molecule has 0 atom stereocenters. The summed E-state index contributed by atoms with van der Waals surface area (Å²) in [4.78, 5) is 23.4. The number of nitrogens with zero attached hydrogens (tertiary/aromatic N) is 3. The molecule has 0 aliphatic carbocycles. The third kappa shape index (κ3) is 13.7. The summed E-state index contributed by atoms with van der Waals surface area (Å²) in [6.07, 6.45) is 7.07. The zero-order chi connectivity index (χ0) is 18.3. The fourth-order valence-corrected chi connectivity index (χ4v) is 2.78.